The van der Waals surface area contributed by atoms with E-state index in [1.807, 2.05) is 41.3 Å². The Balaban J connectivity index is 1.35. The molecule has 1 fully saturated rings. The molecule has 0 N–H and O–H groups in total. The van der Waals surface area contributed by atoms with E-state index in [0.29, 0.717) is 38.3 Å². The zero-order valence-electron chi connectivity index (χ0n) is 17.5. The van der Waals surface area contributed by atoms with Gasteiger partial charge in [-0.3, -0.25) is 4.79 Å². The van der Waals surface area contributed by atoms with Gasteiger partial charge in [0.2, 0.25) is 5.91 Å². The lowest BCUT2D eigenvalue weighted by atomic mass is 10.0. The average molecular weight is 415 g/mol. The first kappa shape index (κ1) is 20.6. The van der Waals surface area contributed by atoms with Gasteiger partial charge in [0.05, 0.1) is 12.2 Å². The molecule has 4 rings (SSSR count). The van der Waals surface area contributed by atoms with E-state index >= 15 is 0 Å². The number of pyridine rings is 1. The molecule has 2 heterocycles. The zero-order chi connectivity index (χ0) is 21.6. The first-order valence-electron chi connectivity index (χ1n) is 10.5. The molecule has 0 spiro atoms. The molecule has 0 unspecified atom stereocenters. The van der Waals surface area contributed by atoms with E-state index in [1.54, 1.807) is 19.1 Å². The average Bonchev–Trinajstić information content (AvgIpc) is 2.83. The Hall–Kier alpha value is -3.67. The Labute approximate surface area is 181 Å². The quantitative estimate of drug-likeness (QED) is 0.469. The molecule has 0 bridgehead atoms. The summed E-state index contributed by atoms with van der Waals surface area (Å²) in [5, 5.41) is 2.29. The molecule has 3 aromatic rings. The number of hydrogen-bond donors (Lipinski definition) is 0. The first-order chi connectivity index (χ1) is 15.2. The zero-order valence-corrected chi connectivity index (χ0v) is 17.5. The van der Waals surface area contributed by atoms with Gasteiger partial charge in [0.15, 0.2) is 0 Å². The first-order valence-corrected chi connectivity index (χ1v) is 10.5. The minimum Gasteiger partial charge on any atom is -0.462 e. The highest BCUT2D eigenvalue weighted by atomic mass is 16.5. The van der Waals surface area contributed by atoms with E-state index in [0.717, 1.165) is 22.2 Å². The fourth-order valence-corrected chi connectivity index (χ4v) is 3.73. The fourth-order valence-electron chi connectivity index (χ4n) is 3.73. The van der Waals surface area contributed by atoms with Crippen LogP contribution in [0.3, 0.4) is 0 Å². The Morgan fingerprint density at radius 2 is 1.77 bits per heavy atom. The molecule has 1 aromatic heterocycles. The van der Waals surface area contributed by atoms with Crippen molar-refractivity contribution in [2.24, 2.45) is 0 Å². The normalized spacial score (nSPS) is 14.2. The van der Waals surface area contributed by atoms with Gasteiger partial charge in [0, 0.05) is 38.5 Å². The van der Waals surface area contributed by atoms with Gasteiger partial charge in [-0.05, 0) is 41.5 Å². The summed E-state index contributed by atoms with van der Waals surface area (Å²) in [7, 11) is 0. The summed E-state index contributed by atoms with van der Waals surface area (Å²) in [6.07, 6.45) is 5.09. The summed E-state index contributed by atoms with van der Waals surface area (Å²) >= 11 is 0. The van der Waals surface area contributed by atoms with Crippen LogP contribution in [0.25, 0.3) is 16.8 Å². The Morgan fingerprint density at radius 1 is 1.00 bits per heavy atom. The third-order valence-corrected chi connectivity index (χ3v) is 5.40. The summed E-state index contributed by atoms with van der Waals surface area (Å²) in [4.78, 5) is 32.8. The summed E-state index contributed by atoms with van der Waals surface area (Å²) in [5.41, 5.74) is 1.48. The summed E-state index contributed by atoms with van der Waals surface area (Å²) in [6.45, 7) is 4.75. The number of ether oxygens (including phenoxy) is 1. The van der Waals surface area contributed by atoms with Crippen LogP contribution >= 0.6 is 0 Å². The van der Waals surface area contributed by atoms with Gasteiger partial charge in [0.1, 0.15) is 5.82 Å². The molecule has 0 atom stereocenters. The maximum atomic E-state index is 12.7. The lowest BCUT2D eigenvalue weighted by Crippen LogP contribution is -2.48. The maximum absolute atomic E-state index is 12.7. The molecular weight excluding hydrogens is 390 g/mol. The van der Waals surface area contributed by atoms with Gasteiger partial charge in [-0.1, -0.05) is 42.5 Å². The molecule has 1 saturated heterocycles. The van der Waals surface area contributed by atoms with E-state index in [4.69, 9.17) is 4.74 Å². The Kier molecular flexibility index (Phi) is 6.26. The molecule has 0 saturated carbocycles. The van der Waals surface area contributed by atoms with Crippen molar-refractivity contribution in [3.63, 3.8) is 0 Å². The largest absolute Gasteiger partial charge is 0.462 e. The van der Waals surface area contributed by atoms with Gasteiger partial charge < -0.3 is 14.5 Å². The molecule has 1 aliphatic rings. The van der Waals surface area contributed by atoms with Crippen LogP contribution in [0.2, 0.25) is 0 Å². The van der Waals surface area contributed by atoms with Crippen molar-refractivity contribution in [3.05, 3.63) is 78.0 Å². The molecule has 2 aromatic carbocycles. The number of fused-ring (bicyclic) bond motifs is 1. The molecule has 6 nitrogen and oxygen atoms in total. The number of rotatable bonds is 5. The molecule has 158 valence electrons. The third-order valence-electron chi connectivity index (χ3n) is 5.40. The number of carbonyl (C=O) groups is 2. The van der Waals surface area contributed by atoms with Crippen molar-refractivity contribution in [1.29, 1.82) is 0 Å². The number of esters is 1. The Bertz CT molecular complexity index is 1100. The van der Waals surface area contributed by atoms with Crippen LogP contribution < -0.4 is 4.90 Å². The predicted molar refractivity (Wildman–Crippen MR) is 122 cm³/mol. The Morgan fingerprint density at radius 3 is 2.52 bits per heavy atom. The number of aromatic nitrogens is 1. The second-order valence-corrected chi connectivity index (χ2v) is 7.34. The highest BCUT2D eigenvalue weighted by Crippen LogP contribution is 2.20. The summed E-state index contributed by atoms with van der Waals surface area (Å²) in [5.74, 6) is 0.444. The molecule has 31 heavy (non-hydrogen) atoms. The molecule has 0 radical (unpaired) electrons. The van der Waals surface area contributed by atoms with Crippen LogP contribution in [0, 0.1) is 0 Å². The second-order valence-electron chi connectivity index (χ2n) is 7.34. The predicted octanol–water partition coefficient (Wildman–Crippen LogP) is 3.77. The van der Waals surface area contributed by atoms with Gasteiger partial charge >= 0.3 is 5.97 Å². The van der Waals surface area contributed by atoms with Crippen molar-refractivity contribution >= 4 is 34.5 Å². The monoisotopic (exact) mass is 415 g/mol. The molecular formula is C25H25N3O3. The molecule has 1 aliphatic heterocycles. The number of amides is 1. The maximum Gasteiger partial charge on any atom is 0.339 e. The van der Waals surface area contributed by atoms with Gasteiger partial charge in [0.25, 0.3) is 0 Å². The summed E-state index contributed by atoms with van der Waals surface area (Å²) in [6, 6.07) is 17.8. The molecule has 0 aliphatic carbocycles. The second kappa shape index (κ2) is 9.43. The van der Waals surface area contributed by atoms with Crippen LogP contribution in [0.15, 0.2) is 66.9 Å². The highest BCUT2D eigenvalue weighted by Gasteiger charge is 2.21. The van der Waals surface area contributed by atoms with E-state index in [2.05, 4.69) is 28.1 Å². The van der Waals surface area contributed by atoms with Gasteiger partial charge in [-0.2, -0.15) is 0 Å². The van der Waals surface area contributed by atoms with Crippen LogP contribution in [0.5, 0.6) is 0 Å². The van der Waals surface area contributed by atoms with E-state index in [-0.39, 0.29) is 11.9 Å². The number of piperazine rings is 1. The number of benzene rings is 2. The van der Waals surface area contributed by atoms with Gasteiger partial charge in [-0.25, -0.2) is 9.78 Å². The third kappa shape index (κ3) is 4.74. The van der Waals surface area contributed by atoms with E-state index < -0.39 is 0 Å². The van der Waals surface area contributed by atoms with E-state index in [1.165, 1.54) is 6.20 Å². The van der Waals surface area contributed by atoms with Crippen LogP contribution in [-0.4, -0.2) is 54.5 Å². The standard InChI is InChI=1S/C25H25N3O3/c1-2-31-25(30)21-10-12-23(26-18-21)27-14-16-28(17-15-27)24(29)13-11-20-8-5-7-19-6-3-4-9-22(19)20/h3-13,18H,2,14-17H2,1H3/b13-11+. The van der Waals surface area contributed by atoms with Crippen LogP contribution in [-0.2, 0) is 9.53 Å². The number of carbonyl (C=O) groups excluding carboxylic acids is 2. The van der Waals surface area contributed by atoms with Crippen molar-refractivity contribution in [1.82, 2.24) is 9.88 Å². The number of nitrogens with zero attached hydrogens (tertiary/aromatic N) is 3. The number of hydrogen-bond acceptors (Lipinski definition) is 5. The summed E-state index contributed by atoms with van der Waals surface area (Å²) < 4.78 is 4.99. The minimum absolute atomic E-state index is 0.0122. The topological polar surface area (TPSA) is 62.7 Å². The lowest BCUT2D eigenvalue weighted by Gasteiger charge is -2.35. The number of anilines is 1. The minimum atomic E-state index is -0.366. The van der Waals surface area contributed by atoms with Crippen molar-refractivity contribution < 1.29 is 14.3 Å². The highest BCUT2D eigenvalue weighted by molar-refractivity contribution is 5.96. The van der Waals surface area contributed by atoms with Crippen LogP contribution in [0.4, 0.5) is 5.82 Å². The fraction of sp³-hybridized carbons (Fsp3) is 0.240. The molecule has 1 amide bonds. The van der Waals surface area contributed by atoms with Crippen LogP contribution in [0.1, 0.15) is 22.8 Å². The smallest absolute Gasteiger partial charge is 0.339 e. The molecule has 6 heteroatoms. The van der Waals surface area contributed by atoms with Crippen molar-refractivity contribution in [2.75, 3.05) is 37.7 Å². The lowest BCUT2D eigenvalue weighted by molar-refractivity contribution is -0.126. The van der Waals surface area contributed by atoms with Crippen molar-refractivity contribution in [3.8, 4) is 0 Å². The van der Waals surface area contributed by atoms with Crippen molar-refractivity contribution in [2.45, 2.75) is 6.92 Å². The SMILES string of the molecule is CCOC(=O)c1ccc(N2CCN(C(=O)/C=C/c3cccc4ccccc34)CC2)nc1. The van der Waals surface area contributed by atoms with Gasteiger partial charge in [-0.15, -0.1) is 0 Å². The van der Waals surface area contributed by atoms with E-state index in [9.17, 15) is 9.59 Å².